The second-order valence-electron chi connectivity index (χ2n) is 5.91. The number of hydrogen-bond donors (Lipinski definition) is 2. The van der Waals surface area contributed by atoms with Gasteiger partial charge in [-0.15, -0.1) is 11.3 Å². The Labute approximate surface area is 159 Å². The molecular formula is C18H18N4O4S. The molecule has 0 saturated carbocycles. The van der Waals surface area contributed by atoms with Gasteiger partial charge in [-0.25, -0.2) is 9.78 Å². The SMILES string of the molecule is Cc1ccc(NC(=O)Cc2nc(COC(=O)c3c(C)noc3N)cs2)cc1. The summed E-state index contributed by atoms with van der Waals surface area (Å²) in [4.78, 5) is 28.5. The van der Waals surface area contributed by atoms with Crippen LogP contribution in [0.1, 0.15) is 32.3 Å². The van der Waals surface area contributed by atoms with E-state index in [9.17, 15) is 9.59 Å². The van der Waals surface area contributed by atoms with Crippen LogP contribution in [0.15, 0.2) is 34.2 Å². The maximum Gasteiger partial charge on any atom is 0.346 e. The van der Waals surface area contributed by atoms with Crippen LogP contribution in [0, 0.1) is 13.8 Å². The van der Waals surface area contributed by atoms with Crippen molar-refractivity contribution in [3.05, 3.63) is 57.2 Å². The van der Waals surface area contributed by atoms with Crippen LogP contribution >= 0.6 is 11.3 Å². The summed E-state index contributed by atoms with van der Waals surface area (Å²) in [7, 11) is 0. The van der Waals surface area contributed by atoms with E-state index in [1.807, 2.05) is 31.2 Å². The number of carbonyl (C=O) groups is 2. The van der Waals surface area contributed by atoms with Gasteiger partial charge in [0.15, 0.2) is 0 Å². The molecule has 0 unspecified atom stereocenters. The maximum atomic E-state index is 12.1. The number of aryl methyl sites for hydroxylation is 2. The largest absolute Gasteiger partial charge is 0.455 e. The van der Waals surface area contributed by atoms with Gasteiger partial charge in [-0.2, -0.15) is 0 Å². The highest BCUT2D eigenvalue weighted by Gasteiger charge is 2.20. The lowest BCUT2D eigenvalue weighted by molar-refractivity contribution is -0.115. The number of nitrogens with zero attached hydrogens (tertiary/aromatic N) is 2. The molecule has 9 heteroatoms. The Hall–Kier alpha value is -3.20. The predicted molar refractivity (Wildman–Crippen MR) is 100 cm³/mol. The van der Waals surface area contributed by atoms with Crippen molar-refractivity contribution in [3.63, 3.8) is 0 Å². The fraction of sp³-hybridized carbons (Fsp3) is 0.222. The van der Waals surface area contributed by atoms with Gasteiger partial charge in [0.1, 0.15) is 17.2 Å². The van der Waals surface area contributed by atoms with Crippen molar-refractivity contribution >= 4 is 34.8 Å². The van der Waals surface area contributed by atoms with Crippen LogP contribution in [-0.2, 0) is 22.6 Å². The number of hydrogen-bond acceptors (Lipinski definition) is 8. The third kappa shape index (κ3) is 4.70. The van der Waals surface area contributed by atoms with Gasteiger partial charge in [0.05, 0.1) is 17.8 Å². The van der Waals surface area contributed by atoms with E-state index in [1.165, 1.54) is 11.3 Å². The Kier molecular flexibility index (Phi) is 5.51. The highest BCUT2D eigenvalue weighted by Crippen LogP contribution is 2.18. The van der Waals surface area contributed by atoms with Crippen LogP contribution in [0.3, 0.4) is 0 Å². The highest BCUT2D eigenvalue weighted by molar-refractivity contribution is 7.09. The molecule has 3 aromatic rings. The number of ether oxygens (including phenoxy) is 1. The van der Waals surface area contributed by atoms with Crippen molar-refractivity contribution in [2.45, 2.75) is 26.9 Å². The molecule has 0 fully saturated rings. The van der Waals surface area contributed by atoms with Gasteiger partial charge < -0.3 is 20.3 Å². The fourth-order valence-corrected chi connectivity index (χ4v) is 3.10. The number of rotatable bonds is 6. The number of carbonyl (C=O) groups excluding carboxylic acids is 2. The molecule has 27 heavy (non-hydrogen) atoms. The average Bonchev–Trinajstić information content (AvgIpc) is 3.21. The molecule has 0 spiro atoms. The monoisotopic (exact) mass is 386 g/mol. The molecule has 3 N–H and O–H groups in total. The normalized spacial score (nSPS) is 10.6. The molecular weight excluding hydrogens is 368 g/mol. The minimum absolute atomic E-state index is 0.0288. The van der Waals surface area contributed by atoms with Crippen molar-refractivity contribution < 1.29 is 18.8 Å². The summed E-state index contributed by atoms with van der Waals surface area (Å²) >= 11 is 1.33. The maximum absolute atomic E-state index is 12.1. The average molecular weight is 386 g/mol. The number of aromatic nitrogens is 2. The molecule has 8 nitrogen and oxygen atoms in total. The highest BCUT2D eigenvalue weighted by atomic mass is 32.1. The van der Waals surface area contributed by atoms with Crippen LogP contribution in [0.25, 0.3) is 0 Å². The third-order valence-electron chi connectivity index (χ3n) is 3.69. The molecule has 3 rings (SSSR count). The summed E-state index contributed by atoms with van der Waals surface area (Å²) in [5, 5.41) is 8.80. The van der Waals surface area contributed by atoms with Crippen LogP contribution in [0.2, 0.25) is 0 Å². The number of anilines is 2. The topological polar surface area (TPSA) is 120 Å². The van der Waals surface area contributed by atoms with E-state index in [2.05, 4.69) is 15.5 Å². The van der Waals surface area contributed by atoms with Crippen LogP contribution < -0.4 is 11.1 Å². The third-order valence-corrected chi connectivity index (χ3v) is 4.59. The molecule has 2 heterocycles. The number of nitrogens with one attached hydrogen (secondary N) is 1. The fourth-order valence-electron chi connectivity index (χ4n) is 2.32. The summed E-state index contributed by atoms with van der Waals surface area (Å²) in [5.41, 5.74) is 8.44. The molecule has 0 aliphatic heterocycles. The molecule has 0 aliphatic rings. The number of benzene rings is 1. The van der Waals surface area contributed by atoms with Gasteiger partial charge in [-0.1, -0.05) is 22.9 Å². The van der Waals surface area contributed by atoms with Crippen molar-refractivity contribution in [2.24, 2.45) is 0 Å². The van der Waals surface area contributed by atoms with Crippen molar-refractivity contribution in [2.75, 3.05) is 11.1 Å². The first-order chi connectivity index (χ1) is 12.9. The van der Waals surface area contributed by atoms with E-state index in [0.717, 1.165) is 11.3 Å². The number of esters is 1. The van der Waals surface area contributed by atoms with Gasteiger partial charge in [0.25, 0.3) is 0 Å². The first-order valence-electron chi connectivity index (χ1n) is 8.11. The summed E-state index contributed by atoms with van der Waals surface area (Å²) in [6.45, 7) is 3.55. The molecule has 1 aromatic carbocycles. The predicted octanol–water partition coefficient (Wildman–Crippen LogP) is 2.87. The second-order valence-corrected chi connectivity index (χ2v) is 6.85. The van der Waals surface area contributed by atoms with E-state index in [0.29, 0.717) is 16.4 Å². The molecule has 0 radical (unpaired) electrons. The Balaban J connectivity index is 1.53. The number of thiazole rings is 1. The van der Waals surface area contributed by atoms with Gasteiger partial charge in [0, 0.05) is 11.1 Å². The molecule has 0 bridgehead atoms. The minimum atomic E-state index is -0.627. The summed E-state index contributed by atoms with van der Waals surface area (Å²) < 4.78 is 9.92. The lowest BCUT2D eigenvalue weighted by Gasteiger charge is -2.04. The lowest BCUT2D eigenvalue weighted by atomic mass is 10.2. The van der Waals surface area contributed by atoms with Gasteiger partial charge in [-0.05, 0) is 26.0 Å². The Bertz CT molecular complexity index is 943. The second kappa shape index (κ2) is 8.00. The molecule has 0 atom stereocenters. The molecule has 140 valence electrons. The van der Waals surface area contributed by atoms with Crippen LogP contribution in [-0.4, -0.2) is 22.0 Å². The zero-order valence-corrected chi connectivity index (χ0v) is 15.6. The van der Waals surface area contributed by atoms with Crippen molar-refractivity contribution in [3.8, 4) is 0 Å². The quantitative estimate of drug-likeness (QED) is 0.625. The van der Waals surface area contributed by atoms with E-state index in [4.69, 9.17) is 15.0 Å². The Morgan fingerprint density at radius 3 is 2.67 bits per heavy atom. The summed E-state index contributed by atoms with van der Waals surface area (Å²) in [6.07, 6.45) is 0.143. The van der Waals surface area contributed by atoms with E-state index in [-0.39, 0.29) is 30.4 Å². The summed E-state index contributed by atoms with van der Waals surface area (Å²) in [6, 6.07) is 7.54. The van der Waals surface area contributed by atoms with Crippen LogP contribution in [0.4, 0.5) is 11.6 Å². The molecule has 1 amide bonds. The smallest absolute Gasteiger partial charge is 0.346 e. The number of nitrogens with two attached hydrogens (primary N) is 1. The van der Waals surface area contributed by atoms with Gasteiger partial charge in [0.2, 0.25) is 11.8 Å². The first-order valence-corrected chi connectivity index (χ1v) is 8.99. The number of nitrogen functional groups attached to an aromatic ring is 1. The van der Waals surface area contributed by atoms with E-state index < -0.39 is 5.97 Å². The summed E-state index contributed by atoms with van der Waals surface area (Å²) in [5.74, 6) is -0.869. The first kappa shape index (κ1) is 18.6. The Morgan fingerprint density at radius 2 is 2.00 bits per heavy atom. The van der Waals surface area contributed by atoms with Crippen molar-refractivity contribution in [1.82, 2.24) is 10.1 Å². The molecule has 2 aromatic heterocycles. The zero-order valence-electron chi connectivity index (χ0n) is 14.8. The standard InChI is InChI=1S/C18H18N4O4S/c1-10-3-5-12(6-4-10)20-14(23)7-15-21-13(9-27-15)8-25-18(24)16-11(2)22-26-17(16)19/h3-6,9H,7-8,19H2,1-2H3,(H,20,23). The minimum Gasteiger partial charge on any atom is -0.455 e. The van der Waals surface area contributed by atoms with Gasteiger partial charge >= 0.3 is 5.97 Å². The van der Waals surface area contributed by atoms with Gasteiger partial charge in [-0.3, -0.25) is 4.79 Å². The van der Waals surface area contributed by atoms with E-state index in [1.54, 1.807) is 12.3 Å². The Morgan fingerprint density at radius 1 is 1.26 bits per heavy atom. The van der Waals surface area contributed by atoms with Crippen molar-refractivity contribution in [1.29, 1.82) is 0 Å². The number of amides is 1. The lowest BCUT2D eigenvalue weighted by Crippen LogP contribution is -2.14. The van der Waals surface area contributed by atoms with E-state index >= 15 is 0 Å². The zero-order chi connectivity index (χ0) is 19.4. The van der Waals surface area contributed by atoms with Crippen LogP contribution in [0.5, 0.6) is 0 Å². The molecule has 0 aliphatic carbocycles. The molecule has 0 saturated heterocycles.